The lowest BCUT2D eigenvalue weighted by Crippen LogP contribution is -2.62. The zero-order valence-electron chi connectivity index (χ0n) is 21.4. The van der Waals surface area contributed by atoms with Gasteiger partial charge in [0.1, 0.15) is 8.07 Å². The smallest absolute Gasteiger partial charge is 0.198 e. The number of rotatable bonds is 1. The maximum atomic E-state index is 3.75. The van der Waals surface area contributed by atoms with E-state index < -0.39 is 8.07 Å². The molecule has 1 N–H and O–H groups in total. The first-order valence-corrected chi connectivity index (χ1v) is 16.2. The van der Waals surface area contributed by atoms with Crippen molar-refractivity contribution in [3.63, 3.8) is 0 Å². The molecule has 6 aromatic rings. The summed E-state index contributed by atoms with van der Waals surface area (Å²) in [5.41, 5.74) is 13.3. The Morgan fingerprint density at radius 1 is 0.703 bits per heavy atom. The highest BCUT2D eigenvalue weighted by atomic mass is 28.3. The minimum absolute atomic E-state index is 0.952. The number of benzene rings is 5. The van der Waals surface area contributed by atoms with Crippen LogP contribution in [0.1, 0.15) is 5.56 Å². The fraction of sp³-hybridized carbons (Fsp3) is 0.0909. The third-order valence-corrected chi connectivity index (χ3v) is 12.2. The SMILES string of the molecule is Cc1cc(-c2cccc3c2[nH]c2ccccc23)c2c(c1)N1c3ccccc3[Si](C)(C)c3cccc(c31)B2. The second kappa shape index (κ2) is 7.27. The largest absolute Gasteiger partial charge is 0.354 e. The van der Waals surface area contributed by atoms with Gasteiger partial charge in [-0.15, -0.1) is 0 Å². The van der Waals surface area contributed by atoms with Crippen LogP contribution in [0.3, 0.4) is 0 Å². The first-order chi connectivity index (χ1) is 18.0. The van der Waals surface area contributed by atoms with Crippen molar-refractivity contribution in [3.8, 4) is 11.1 Å². The summed E-state index contributed by atoms with van der Waals surface area (Å²) in [6.45, 7) is 7.25. The topological polar surface area (TPSA) is 19.0 Å². The number of hydrogen-bond donors (Lipinski definition) is 1. The summed E-state index contributed by atoms with van der Waals surface area (Å²) < 4.78 is 0. The number of aromatic nitrogens is 1. The van der Waals surface area contributed by atoms with Crippen molar-refractivity contribution < 1.29 is 0 Å². The van der Waals surface area contributed by atoms with E-state index in [1.165, 1.54) is 71.7 Å². The minimum atomic E-state index is -1.80. The molecule has 0 atom stereocenters. The van der Waals surface area contributed by atoms with Gasteiger partial charge in [-0.05, 0) is 52.1 Å². The van der Waals surface area contributed by atoms with Crippen LogP contribution in [0.5, 0.6) is 0 Å². The lowest BCUT2D eigenvalue weighted by molar-refractivity contribution is 1.28. The number of fused-ring (bicyclic) bond motifs is 7. The maximum absolute atomic E-state index is 3.75. The van der Waals surface area contributed by atoms with Crippen molar-refractivity contribution in [3.05, 3.63) is 103 Å². The van der Waals surface area contributed by atoms with Crippen LogP contribution in [0.25, 0.3) is 32.9 Å². The van der Waals surface area contributed by atoms with Crippen molar-refractivity contribution in [1.29, 1.82) is 0 Å². The van der Waals surface area contributed by atoms with Crippen LogP contribution in [0.2, 0.25) is 13.1 Å². The third-order valence-electron chi connectivity index (χ3n) is 8.65. The van der Waals surface area contributed by atoms with Gasteiger partial charge in [0.05, 0.1) is 5.52 Å². The van der Waals surface area contributed by atoms with Crippen molar-refractivity contribution in [1.82, 2.24) is 4.98 Å². The van der Waals surface area contributed by atoms with Gasteiger partial charge in [-0.2, -0.15) is 0 Å². The number of hydrogen-bond acceptors (Lipinski definition) is 1. The Morgan fingerprint density at radius 2 is 1.46 bits per heavy atom. The van der Waals surface area contributed by atoms with E-state index in [1.807, 2.05) is 0 Å². The Bertz CT molecular complexity index is 1920. The monoisotopic (exact) mass is 490 g/mol. The second-order valence-corrected chi connectivity index (χ2v) is 15.5. The molecule has 1 aromatic heterocycles. The molecule has 8 rings (SSSR count). The van der Waals surface area contributed by atoms with Crippen LogP contribution in [0, 0.1) is 6.92 Å². The summed E-state index contributed by atoms with van der Waals surface area (Å²) >= 11 is 0. The predicted molar refractivity (Wildman–Crippen MR) is 164 cm³/mol. The van der Waals surface area contributed by atoms with Crippen LogP contribution in [0.15, 0.2) is 97.1 Å². The number of nitrogens with zero attached hydrogens (tertiary/aromatic N) is 1. The molecular weight excluding hydrogens is 463 g/mol. The van der Waals surface area contributed by atoms with Crippen molar-refractivity contribution >= 4 is 75.5 Å². The zero-order valence-corrected chi connectivity index (χ0v) is 22.4. The molecule has 2 nitrogen and oxygen atoms in total. The van der Waals surface area contributed by atoms with Gasteiger partial charge in [0.2, 0.25) is 0 Å². The Balaban J connectivity index is 1.45. The molecule has 0 unspecified atom stereocenters. The quantitative estimate of drug-likeness (QED) is 0.297. The van der Waals surface area contributed by atoms with Gasteiger partial charge < -0.3 is 9.88 Å². The average molecular weight is 490 g/mol. The molecule has 176 valence electrons. The van der Waals surface area contributed by atoms with Crippen LogP contribution in [0.4, 0.5) is 17.1 Å². The highest BCUT2D eigenvalue weighted by molar-refractivity contribution is 7.03. The molecule has 37 heavy (non-hydrogen) atoms. The van der Waals surface area contributed by atoms with Crippen LogP contribution >= 0.6 is 0 Å². The van der Waals surface area contributed by atoms with Crippen LogP contribution in [-0.2, 0) is 0 Å². The first-order valence-electron chi connectivity index (χ1n) is 13.2. The van der Waals surface area contributed by atoms with Gasteiger partial charge in [0.25, 0.3) is 0 Å². The Labute approximate surface area is 218 Å². The van der Waals surface area contributed by atoms with Gasteiger partial charge >= 0.3 is 0 Å². The summed E-state index contributed by atoms with van der Waals surface area (Å²) in [5.74, 6) is 0. The van der Waals surface area contributed by atoms with Crippen LogP contribution < -0.4 is 26.2 Å². The number of H-pyrrole nitrogens is 1. The van der Waals surface area contributed by atoms with E-state index in [0.29, 0.717) is 0 Å². The van der Waals surface area contributed by atoms with E-state index in [0.717, 1.165) is 7.28 Å². The lowest BCUT2D eigenvalue weighted by atomic mass is 9.58. The lowest BCUT2D eigenvalue weighted by Gasteiger charge is -2.45. The highest BCUT2D eigenvalue weighted by Gasteiger charge is 2.42. The molecule has 0 fully saturated rings. The molecule has 0 amide bonds. The summed E-state index contributed by atoms with van der Waals surface area (Å²) in [6.07, 6.45) is 0. The molecule has 2 aliphatic heterocycles. The molecule has 5 aromatic carbocycles. The Kier molecular flexibility index (Phi) is 4.15. The molecular formula is C33H27BN2Si. The van der Waals surface area contributed by atoms with Gasteiger partial charge in [-0.3, -0.25) is 0 Å². The zero-order chi connectivity index (χ0) is 24.9. The van der Waals surface area contributed by atoms with E-state index in [2.05, 4.69) is 127 Å². The van der Waals surface area contributed by atoms with E-state index >= 15 is 0 Å². The number of para-hydroxylation sites is 4. The normalized spacial score (nSPS) is 14.7. The molecule has 0 saturated carbocycles. The summed E-state index contributed by atoms with van der Waals surface area (Å²) in [5, 5.41) is 5.65. The number of aromatic amines is 1. The Morgan fingerprint density at radius 3 is 2.38 bits per heavy atom. The molecule has 0 spiro atoms. The summed E-state index contributed by atoms with van der Waals surface area (Å²) in [7, 11) is -0.849. The standard InChI is InChI=1S/C33H27BN2Si/c1-20-18-24(23-12-8-11-22-21-10-4-5-14-26(21)35-32(22)23)31-28(19-20)36-27-15-6-7-16-29(27)37(2,3)30-17-9-13-25(34-31)33(30)36/h4-19,34-35H,1-3H3. The van der Waals surface area contributed by atoms with E-state index in [4.69, 9.17) is 0 Å². The van der Waals surface area contributed by atoms with Crippen LogP contribution in [-0.4, -0.2) is 20.3 Å². The van der Waals surface area contributed by atoms with Gasteiger partial charge in [0.15, 0.2) is 7.28 Å². The van der Waals surface area contributed by atoms with Crippen molar-refractivity contribution in [2.75, 3.05) is 4.90 Å². The fourth-order valence-electron chi connectivity index (χ4n) is 6.93. The molecule has 4 heteroatoms. The molecule has 3 heterocycles. The first kappa shape index (κ1) is 21.1. The predicted octanol–water partition coefficient (Wildman–Crippen LogP) is 5.60. The van der Waals surface area contributed by atoms with E-state index in [1.54, 1.807) is 5.19 Å². The summed E-state index contributed by atoms with van der Waals surface area (Å²) in [4.78, 5) is 6.34. The molecule has 2 aliphatic rings. The number of aryl methyl sites for hydroxylation is 1. The van der Waals surface area contributed by atoms with Gasteiger partial charge in [-0.25, -0.2) is 0 Å². The third kappa shape index (κ3) is 2.76. The average Bonchev–Trinajstić information content (AvgIpc) is 3.30. The highest BCUT2D eigenvalue weighted by Crippen LogP contribution is 2.41. The van der Waals surface area contributed by atoms with Gasteiger partial charge in [-0.1, -0.05) is 97.4 Å². The maximum Gasteiger partial charge on any atom is 0.198 e. The van der Waals surface area contributed by atoms with Crippen molar-refractivity contribution in [2.24, 2.45) is 0 Å². The second-order valence-electron chi connectivity index (χ2n) is 11.2. The molecule has 0 bridgehead atoms. The molecule has 0 aliphatic carbocycles. The number of anilines is 3. The van der Waals surface area contributed by atoms with Crippen molar-refractivity contribution in [2.45, 2.75) is 20.0 Å². The minimum Gasteiger partial charge on any atom is -0.354 e. The Hall–Kier alpha value is -4.02. The molecule has 0 saturated heterocycles. The van der Waals surface area contributed by atoms with E-state index in [-0.39, 0.29) is 0 Å². The van der Waals surface area contributed by atoms with E-state index in [9.17, 15) is 0 Å². The molecule has 0 radical (unpaired) electrons. The van der Waals surface area contributed by atoms with Gasteiger partial charge in [0, 0.05) is 38.9 Å². The fourth-order valence-corrected chi connectivity index (χ4v) is 9.94. The summed E-state index contributed by atoms with van der Waals surface area (Å²) in [6, 6.07) is 36.3. The number of nitrogens with one attached hydrogen (secondary N) is 1.